The number of hydrogen-bond acceptors (Lipinski definition) is 4. The Balaban J connectivity index is 1.76. The van der Waals surface area contributed by atoms with Crippen molar-refractivity contribution in [2.45, 2.75) is 6.92 Å². The van der Waals surface area contributed by atoms with Crippen LogP contribution in [0.15, 0.2) is 39.9 Å². The zero-order chi connectivity index (χ0) is 18.1. The molecule has 0 unspecified atom stereocenters. The summed E-state index contributed by atoms with van der Waals surface area (Å²) in [5.74, 6) is 0.608. The van der Waals surface area contributed by atoms with Crippen LogP contribution >= 0.6 is 0 Å². The Morgan fingerprint density at radius 3 is 2.28 bits per heavy atom. The van der Waals surface area contributed by atoms with Crippen molar-refractivity contribution in [3.8, 4) is 0 Å². The van der Waals surface area contributed by atoms with E-state index in [0.717, 1.165) is 10.1 Å². The van der Waals surface area contributed by atoms with Gasteiger partial charge in [0, 0.05) is 51.9 Å². The molecule has 25 heavy (non-hydrogen) atoms. The number of aromatic nitrogens is 2. The standard InChI is InChI=1S/C18H22N4O3/c1-13-5-4-6-14(11-13)17(24)22-9-7-21(8-10-22)15-12-16(23)20(3)18(25)19(15)2/h4-6,11-12H,7-10H2,1-3H3. The Bertz CT molecular complexity index is 921. The van der Waals surface area contributed by atoms with E-state index in [9.17, 15) is 14.4 Å². The SMILES string of the molecule is Cc1cccc(C(=O)N2CCN(c3cc(=O)n(C)c(=O)n3C)CC2)c1. The number of aryl methyl sites for hydroxylation is 1. The molecule has 3 rings (SSSR count). The molecule has 132 valence electrons. The van der Waals surface area contributed by atoms with Crippen LogP contribution in [0.3, 0.4) is 0 Å². The van der Waals surface area contributed by atoms with Crippen LogP contribution in [0.2, 0.25) is 0 Å². The van der Waals surface area contributed by atoms with E-state index in [4.69, 9.17) is 0 Å². The molecule has 7 heteroatoms. The van der Waals surface area contributed by atoms with Gasteiger partial charge in [0.2, 0.25) is 0 Å². The highest BCUT2D eigenvalue weighted by Gasteiger charge is 2.24. The van der Waals surface area contributed by atoms with Gasteiger partial charge in [0.1, 0.15) is 5.82 Å². The smallest absolute Gasteiger partial charge is 0.332 e. The fraction of sp³-hybridized carbons (Fsp3) is 0.389. The van der Waals surface area contributed by atoms with Crippen LogP contribution in [0.5, 0.6) is 0 Å². The van der Waals surface area contributed by atoms with E-state index in [0.29, 0.717) is 37.6 Å². The molecule has 0 bridgehead atoms. The Labute approximate surface area is 145 Å². The van der Waals surface area contributed by atoms with Gasteiger partial charge in [-0.1, -0.05) is 17.7 Å². The topological polar surface area (TPSA) is 67.6 Å². The first kappa shape index (κ1) is 17.0. The molecule has 0 N–H and O–H groups in total. The molecule has 1 fully saturated rings. The van der Waals surface area contributed by atoms with E-state index in [1.54, 1.807) is 7.05 Å². The first-order valence-electron chi connectivity index (χ1n) is 8.26. The minimum Gasteiger partial charge on any atom is -0.354 e. The van der Waals surface area contributed by atoms with Gasteiger partial charge in [-0.15, -0.1) is 0 Å². The number of carbonyl (C=O) groups excluding carboxylic acids is 1. The first-order chi connectivity index (χ1) is 11.9. The summed E-state index contributed by atoms with van der Waals surface area (Å²) in [6, 6.07) is 9.03. The fourth-order valence-corrected chi connectivity index (χ4v) is 3.12. The van der Waals surface area contributed by atoms with Gasteiger partial charge in [-0.25, -0.2) is 4.79 Å². The molecule has 7 nitrogen and oxygen atoms in total. The molecule has 0 spiro atoms. The highest BCUT2D eigenvalue weighted by Crippen LogP contribution is 2.15. The molecule has 0 saturated carbocycles. The van der Waals surface area contributed by atoms with E-state index in [1.165, 1.54) is 17.7 Å². The maximum atomic E-state index is 12.6. The maximum absolute atomic E-state index is 12.6. The Morgan fingerprint density at radius 1 is 0.960 bits per heavy atom. The molecule has 0 radical (unpaired) electrons. The van der Waals surface area contributed by atoms with E-state index < -0.39 is 0 Å². The molecular weight excluding hydrogens is 320 g/mol. The second-order valence-corrected chi connectivity index (χ2v) is 6.39. The van der Waals surface area contributed by atoms with Crippen LogP contribution in [-0.4, -0.2) is 46.1 Å². The van der Waals surface area contributed by atoms with Crippen LogP contribution in [0, 0.1) is 6.92 Å². The Morgan fingerprint density at radius 2 is 1.64 bits per heavy atom. The largest absolute Gasteiger partial charge is 0.354 e. The second kappa shape index (κ2) is 6.58. The van der Waals surface area contributed by atoms with Crippen molar-refractivity contribution in [3.63, 3.8) is 0 Å². The van der Waals surface area contributed by atoms with Gasteiger partial charge in [-0.05, 0) is 19.1 Å². The summed E-state index contributed by atoms with van der Waals surface area (Å²) in [6.45, 7) is 4.23. The summed E-state index contributed by atoms with van der Waals surface area (Å²) in [6.07, 6.45) is 0. The van der Waals surface area contributed by atoms with Gasteiger partial charge in [-0.3, -0.25) is 18.7 Å². The number of piperazine rings is 1. The number of hydrogen-bond donors (Lipinski definition) is 0. The van der Waals surface area contributed by atoms with Gasteiger partial charge >= 0.3 is 5.69 Å². The fourth-order valence-electron chi connectivity index (χ4n) is 3.12. The molecule has 1 aromatic carbocycles. The van der Waals surface area contributed by atoms with Crippen LogP contribution in [-0.2, 0) is 14.1 Å². The van der Waals surface area contributed by atoms with Crippen LogP contribution in [0.25, 0.3) is 0 Å². The van der Waals surface area contributed by atoms with Gasteiger partial charge in [0.05, 0.1) is 0 Å². The van der Waals surface area contributed by atoms with E-state index in [-0.39, 0.29) is 17.2 Å². The minimum atomic E-state index is -0.347. The molecule has 0 aliphatic carbocycles. The summed E-state index contributed by atoms with van der Waals surface area (Å²) in [4.78, 5) is 40.4. The lowest BCUT2D eigenvalue weighted by molar-refractivity contribution is 0.0746. The number of rotatable bonds is 2. The number of carbonyl (C=O) groups is 1. The van der Waals surface area contributed by atoms with Gasteiger partial charge < -0.3 is 9.80 Å². The molecular formula is C18H22N4O3. The number of nitrogens with zero attached hydrogens (tertiary/aromatic N) is 4. The van der Waals surface area contributed by atoms with Crippen molar-refractivity contribution < 1.29 is 4.79 Å². The summed E-state index contributed by atoms with van der Waals surface area (Å²) in [5, 5.41) is 0. The third-order valence-electron chi connectivity index (χ3n) is 4.66. The lowest BCUT2D eigenvalue weighted by Gasteiger charge is -2.36. The van der Waals surface area contributed by atoms with Crippen LogP contribution < -0.4 is 16.1 Å². The summed E-state index contributed by atoms with van der Waals surface area (Å²) < 4.78 is 2.56. The molecule has 1 aliphatic rings. The molecule has 2 aromatic rings. The third-order valence-corrected chi connectivity index (χ3v) is 4.66. The van der Waals surface area contributed by atoms with Crippen LogP contribution in [0.1, 0.15) is 15.9 Å². The normalized spacial score (nSPS) is 14.7. The second-order valence-electron chi connectivity index (χ2n) is 6.39. The first-order valence-corrected chi connectivity index (χ1v) is 8.26. The van der Waals surface area contributed by atoms with E-state index >= 15 is 0 Å². The Kier molecular flexibility index (Phi) is 4.48. The summed E-state index contributed by atoms with van der Waals surface area (Å²) in [5.41, 5.74) is 1.08. The predicted octanol–water partition coefficient (Wildman–Crippen LogP) is 0.355. The third kappa shape index (κ3) is 3.22. The molecule has 1 aliphatic heterocycles. The molecule has 1 aromatic heterocycles. The lowest BCUT2D eigenvalue weighted by atomic mass is 10.1. The number of anilines is 1. The predicted molar refractivity (Wildman–Crippen MR) is 96.2 cm³/mol. The van der Waals surface area contributed by atoms with Crippen molar-refractivity contribution in [2.24, 2.45) is 14.1 Å². The van der Waals surface area contributed by atoms with E-state index in [1.807, 2.05) is 41.0 Å². The molecule has 0 atom stereocenters. The average molecular weight is 342 g/mol. The van der Waals surface area contributed by atoms with Gasteiger partial charge in [0.15, 0.2) is 0 Å². The Hall–Kier alpha value is -2.83. The van der Waals surface area contributed by atoms with Gasteiger partial charge in [-0.2, -0.15) is 0 Å². The molecule has 1 amide bonds. The van der Waals surface area contributed by atoms with Crippen molar-refractivity contribution in [1.29, 1.82) is 0 Å². The zero-order valence-electron chi connectivity index (χ0n) is 14.7. The maximum Gasteiger partial charge on any atom is 0.332 e. The van der Waals surface area contributed by atoms with E-state index in [2.05, 4.69) is 0 Å². The quantitative estimate of drug-likeness (QED) is 0.790. The zero-order valence-corrected chi connectivity index (χ0v) is 14.7. The minimum absolute atomic E-state index is 0.0150. The number of amides is 1. The summed E-state index contributed by atoms with van der Waals surface area (Å²) in [7, 11) is 3.12. The van der Waals surface area contributed by atoms with Gasteiger partial charge in [0.25, 0.3) is 11.5 Å². The molecule has 2 heterocycles. The average Bonchev–Trinajstić information content (AvgIpc) is 2.62. The lowest BCUT2D eigenvalue weighted by Crippen LogP contribution is -2.51. The highest BCUT2D eigenvalue weighted by molar-refractivity contribution is 5.94. The number of benzene rings is 1. The monoisotopic (exact) mass is 342 g/mol. The van der Waals surface area contributed by atoms with Crippen molar-refractivity contribution >= 4 is 11.7 Å². The summed E-state index contributed by atoms with van der Waals surface area (Å²) >= 11 is 0. The van der Waals surface area contributed by atoms with Crippen LogP contribution in [0.4, 0.5) is 5.82 Å². The van der Waals surface area contributed by atoms with Crippen molar-refractivity contribution in [3.05, 3.63) is 62.3 Å². The molecule has 1 saturated heterocycles. The highest BCUT2D eigenvalue weighted by atomic mass is 16.2. The van der Waals surface area contributed by atoms with Crippen molar-refractivity contribution in [1.82, 2.24) is 14.0 Å². The van der Waals surface area contributed by atoms with Crippen molar-refractivity contribution in [2.75, 3.05) is 31.1 Å².